The van der Waals surface area contributed by atoms with Gasteiger partial charge in [0.2, 0.25) is 0 Å². The lowest BCUT2D eigenvalue weighted by Gasteiger charge is -2.20. The number of carbonyl (C=O) groups is 1. The molecule has 0 spiro atoms. The third kappa shape index (κ3) is 3.77. The van der Waals surface area contributed by atoms with Crippen LogP contribution in [-0.2, 0) is 16.1 Å². The van der Waals surface area contributed by atoms with Gasteiger partial charge in [-0.2, -0.15) is 0 Å². The van der Waals surface area contributed by atoms with E-state index in [-0.39, 0.29) is 18.3 Å². The fourth-order valence-corrected chi connectivity index (χ4v) is 1.90. The highest BCUT2D eigenvalue weighted by molar-refractivity contribution is 5.71. The van der Waals surface area contributed by atoms with E-state index in [1.165, 1.54) is 12.3 Å². The summed E-state index contributed by atoms with van der Waals surface area (Å²) < 4.78 is 18.0. The first-order valence-electron chi connectivity index (χ1n) is 6.18. The summed E-state index contributed by atoms with van der Waals surface area (Å²) in [7, 11) is 0. The Morgan fingerprint density at radius 1 is 1.56 bits per heavy atom. The van der Waals surface area contributed by atoms with Gasteiger partial charge in [0.25, 0.3) is 0 Å². The van der Waals surface area contributed by atoms with E-state index in [0.717, 1.165) is 18.4 Å². The molecule has 0 amide bonds. The van der Waals surface area contributed by atoms with Gasteiger partial charge in [0, 0.05) is 18.8 Å². The predicted molar refractivity (Wildman–Crippen MR) is 64.3 cm³/mol. The zero-order chi connectivity index (χ0) is 13.0. The number of esters is 1. The molecule has 1 aliphatic rings. The van der Waals surface area contributed by atoms with Gasteiger partial charge in [-0.15, -0.1) is 0 Å². The normalized spacial score (nSPS) is 14.8. The number of hydrogen-bond donors (Lipinski definition) is 0. The maximum absolute atomic E-state index is 13.0. The summed E-state index contributed by atoms with van der Waals surface area (Å²) >= 11 is 0. The van der Waals surface area contributed by atoms with Crippen molar-refractivity contribution in [2.24, 2.45) is 0 Å². The third-order valence-corrected chi connectivity index (χ3v) is 2.85. The number of ether oxygens (including phenoxy) is 1. The minimum atomic E-state index is -0.348. The van der Waals surface area contributed by atoms with Gasteiger partial charge in [-0.1, -0.05) is 0 Å². The predicted octanol–water partition coefficient (Wildman–Crippen LogP) is 1.75. The summed E-state index contributed by atoms with van der Waals surface area (Å²) in [4.78, 5) is 17.3. The molecule has 0 atom stereocenters. The summed E-state index contributed by atoms with van der Waals surface area (Å²) in [5.41, 5.74) is 0.784. The van der Waals surface area contributed by atoms with E-state index >= 15 is 0 Å². The fraction of sp³-hybridized carbons (Fsp3) is 0.538. The number of aromatic nitrogens is 1. The van der Waals surface area contributed by atoms with E-state index in [9.17, 15) is 9.18 Å². The average molecular weight is 252 g/mol. The lowest BCUT2D eigenvalue weighted by atomic mass is 10.2. The van der Waals surface area contributed by atoms with Crippen LogP contribution in [0.4, 0.5) is 4.39 Å². The molecule has 2 rings (SSSR count). The highest BCUT2D eigenvalue weighted by Gasteiger charge is 2.30. The van der Waals surface area contributed by atoms with Gasteiger partial charge in [-0.3, -0.25) is 14.7 Å². The molecule has 1 aliphatic carbocycles. The minimum Gasteiger partial charge on any atom is -0.465 e. The Morgan fingerprint density at radius 3 is 2.94 bits per heavy atom. The molecule has 1 heterocycles. The molecule has 0 radical (unpaired) electrons. The molecule has 4 nitrogen and oxygen atoms in total. The van der Waals surface area contributed by atoms with Crippen molar-refractivity contribution >= 4 is 5.97 Å². The van der Waals surface area contributed by atoms with Crippen LogP contribution in [0.5, 0.6) is 0 Å². The van der Waals surface area contributed by atoms with Crippen LogP contribution in [0.1, 0.15) is 25.3 Å². The molecule has 5 heteroatoms. The van der Waals surface area contributed by atoms with Gasteiger partial charge >= 0.3 is 5.97 Å². The molecular weight excluding hydrogens is 235 g/mol. The second kappa shape index (κ2) is 5.91. The molecule has 1 fully saturated rings. The molecule has 0 bridgehead atoms. The van der Waals surface area contributed by atoms with Crippen LogP contribution >= 0.6 is 0 Å². The van der Waals surface area contributed by atoms with E-state index in [4.69, 9.17) is 4.74 Å². The molecule has 0 N–H and O–H groups in total. The topological polar surface area (TPSA) is 42.4 Å². The smallest absolute Gasteiger partial charge is 0.320 e. The third-order valence-electron chi connectivity index (χ3n) is 2.85. The maximum Gasteiger partial charge on any atom is 0.320 e. The van der Waals surface area contributed by atoms with Gasteiger partial charge < -0.3 is 4.74 Å². The minimum absolute atomic E-state index is 0.228. The van der Waals surface area contributed by atoms with Crippen LogP contribution in [-0.4, -0.2) is 35.0 Å². The van der Waals surface area contributed by atoms with Crippen molar-refractivity contribution in [3.63, 3.8) is 0 Å². The summed E-state index contributed by atoms with van der Waals surface area (Å²) in [5, 5.41) is 0. The Balaban J connectivity index is 1.96. The van der Waals surface area contributed by atoms with E-state index in [1.54, 1.807) is 13.1 Å². The lowest BCUT2D eigenvalue weighted by Crippen LogP contribution is -2.32. The average Bonchev–Trinajstić information content (AvgIpc) is 3.12. The zero-order valence-electron chi connectivity index (χ0n) is 10.4. The Bertz CT molecular complexity index is 421. The summed E-state index contributed by atoms with van der Waals surface area (Å²) in [5.74, 6) is -0.576. The van der Waals surface area contributed by atoms with Crippen molar-refractivity contribution in [3.05, 3.63) is 29.8 Å². The molecule has 1 saturated carbocycles. The quantitative estimate of drug-likeness (QED) is 0.723. The number of rotatable bonds is 6. The van der Waals surface area contributed by atoms with Crippen molar-refractivity contribution in [2.75, 3.05) is 13.2 Å². The van der Waals surface area contributed by atoms with Crippen molar-refractivity contribution in [3.8, 4) is 0 Å². The Morgan fingerprint density at radius 2 is 2.33 bits per heavy atom. The monoisotopic (exact) mass is 252 g/mol. The number of carbonyl (C=O) groups excluding carboxylic acids is 1. The molecule has 0 aromatic carbocycles. The summed E-state index contributed by atoms with van der Waals surface area (Å²) in [6, 6.07) is 1.87. The first-order chi connectivity index (χ1) is 8.69. The lowest BCUT2D eigenvalue weighted by molar-refractivity contribution is -0.144. The molecule has 0 saturated heterocycles. The van der Waals surface area contributed by atoms with E-state index in [1.807, 2.05) is 4.90 Å². The summed E-state index contributed by atoms with van der Waals surface area (Å²) in [6.45, 7) is 2.97. The van der Waals surface area contributed by atoms with E-state index < -0.39 is 0 Å². The van der Waals surface area contributed by atoms with Crippen LogP contribution in [0.2, 0.25) is 0 Å². The second-order valence-electron chi connectivity index (χ2n) is 4.45. The molecular formula is C13H17FN2O2. The Kier molecular flexibility index (Phi) is 4.25. The van der Waals surface area contributed by atoms with Crippen LogP contribution in [0.25, 0.3) is 0 Å². The highest BCUT2D eigenvalue weighted by atomic mass is 19.1. The van der Waals surface area contributed by atoms with Crippen molar-refractivity contribution < 1.29 is 13.9 Å². The molecule has 1 aromatic rings. The van der Waals surface area contributed by atoms with Crippen LogP contribution in [0, 0.1) is 5.82 Å². The molecule has 1 aromatic heterocycles. The van der Waals surface area contributed by atoms with Crippen LogP contribution in [0.3, 0.4) is 0 Å². The van der Waals surface area contributed by atoms with Crippen LogP contribution in [0.15, 0.2) is 18.5 Å². The SMILES string of the molecule is CCOC(=O)CN(Cc1cncc(F)c1)C1CC1. The van der Waals surface area contributed by atoms with Crippen LogP contribution < -0.4 is 0 Å². The van der Waals surface area contributed by atoms with E-state index in [2.05, 4.69) is 4.98 Å². The molecule has 98 valence electrons. The van der Waals surface area contributed by atoms with Gasteiger partial charge in [0.1, 0.15) is 5.82 Å². The highest BCUT2D eigenvalue weighted by Crippen LogP contribution is 2.28. The first-order valence-corrected chi connectivity index (χ1v) is 6.18. The largest absolute Gasteiger partial charge is 0.465 e. The maximum atomic E-state index is 13.0. The van der Waals surface area contributed by atoms with Gasteiger partial charge in [0.05, 0.1) is 19.3 Å². The van der Waals surface area contributed by atoms with Gasteiger partial charge in [-0.25, -0.2) is 4.39 Å². The van der Waals surface area contributed by atoms with Gasteiger partial charge in [-0.05, 0) is 31.4 Å². The number of hydrogen-bond acceptors (Lipinski definition) is 4. The second-order valence-corrected chi connectivity index (χ2v) is 4.45. The zero-order valence-corrected chi connectivity index (χ0v) is 10.4. The van der Waals surface area contributed by atoms with Crippen molar-refractivity contribution in [2.45, 2.75) is 32.4 Å². The fourth-order valence-electron chi connectivity index (χ4n) is 1.90. The van der Waals surface area contributed by atoms with Crippen molar-refractivity contribution in [1.82, 2.24) is 9.88 Å². The number of halogens is 1. The van der Waals surface area contributed by atoms with Gasteiger partial charge in [0.15, 0.2) is 0 Å². The Labute approximate surface area is 106 Å². The number of nitrogens with zero attached hydrogens (tertiary/aromatic N) is 2. The first kappa shape index (κ1) is 13.0. The summed E-state index contributed by atoms with van der Waals surface area (Å²) in [6.07, 6.45) is 4.98. The molecule has 18 heavy (non-hydrogen) atoms. The number of pyridine rings is 1. The Hall–Kier alpha value is -1.49. The van der Waals surface area contributed by atoms with Crippen molar-refractivity contribution in [1.29, 1.82) is 0 Å². The van der Waals surface area contributed by atoms with E-state index in [0.29, 0.717) is 19.2 Å². The molecule has 0 aliphatic heterocycles. The molecule has 0 unspecified atom stereocenters. The standard InChI is InChI=1S/C13H17FN2O2/c1-2-18-13(17)9-16(12-3-4-12)8-10-5-11(14)7-15-6-10/h5-7,12H,2-4,8-9H2,1H3.